The van der Waals surface area contributed by atoms with Crippen LogP contribution in [0.25, 0.3) is 10.8 Å². The van der Waals surface area contributed by atoms with Crippen molar-refractivity contribution in [1.82, 2.24) is 9.21 Å². The van der Waals surface area contributed by atoms with Crippen molar-refractivity contribution in [3.63, 3.8) is 0 Å². The quantitative estimate of drug-likeness (QED) is 0.816. The third-order valence-corrected chi connectivity index (χ3v) is 7.85. The van der Waals surface area contributed by atoms with Gasteiger partial charge in [-0.15, -0.1) is 0 Å². The molecule has 0 atom stereocenters. The lowest BCUT2D eigenvalue weighted by Gasteiger charge is -2.37. The highest BCUT2D eigenvalue weighted by Gasteiger charge is 2.32. The second-order valence-corrected chi connectivity index (χ2v) is 9.28. The van der Waals surface area contributed by atoms with E-state index in [9.17, 15) is 8.42 Å². The van der Waals surface area contributed by atoms with Crippen LogP contribution in [0.3, 0.4) is 0 Å². The Morgan fingerprint density at radius 3 is 2.24 bits per heavy atom. The van der Waals surface area contributed by atoms with Gasteiger partial charge in [-0.25, -0.2) is 8.42 Å². The zero-order valence-electron chi connectivity index (χ0n) is 14.2. The van der Waals surface area contributed by atoms with Gasteiger partial charge >= 0.3 is 0 Å². The Hall–Kier alpha value is -1.14. The van der Waals surface area contributed by atoms with E-state index in [-0.39, 0.29) is 0 Å². The monoisotopic (exact) mass is 378 g/mol. The van der Waals surface area contributed by atoms with Gasteiger partial charge < -0.3 is 0 Å². The number of piperazine rings is 1. The van der Waals surface area contributed by atoms with Gasteiger partial charge in [-0.05, 0) is 25.0 Å². The van der Waals surface area contributed by atoms with Gasteiger partial charge in [0.2, 0.25) is 10.0 Å². The summed E-state index contributed by atoms with van der Waals surface area (Å²) in [5, 5.41) is 2.07. The van der Waals surface area contributed by atoms with E-state index >= 15 is 0 Å². The van der Waals surface area contributed by atoms with Crippen LogP contribution in [0.1, 0.15) is 25.7 Å². The summed E-state index contributed by atoms with van der Waals surface area (Å²) in [7, 11) is -3.50. The summed E-state index contributed by atoms with van der Waals surface area (Å²) in [6.07, 6.45) is 5.13. The van der Waals surface area contributed by atoms with Crippen molar-refractivity contribution in [3.05, 3.63) is 41.4 Å². The van der Waals surface area contributed by atoms with Crippen LogP contribution in [0.4, 0.5) is 0 Å². The van der Waals surface area contributed by atoms with Crippen LogP contribution in [-0.4, -0.2) is 49.8 Å². The highest BCUT2D eigenvalue weighted by molar-refractivity contribution is 7.89. The number of halogens is 1. The average Bonchev–Trinajstić information content (AvgIpc) is 3.16. The van der Waals surface area contributed by atoms with Crippen LogP contribution in [0.15, 0.2) is 41.3 Å². The molecule has 0 aromatic heterocycles. The molecule has 1 heterocycles. The van der Waals surface area contributed by atoms with Gasteiger partial charge in [-0.2, -0.15) is 4.31 Å². The topological polar surface area (TPSA) is 40.6 Å². The number of fused-ring (bicyclic) bond motifs is 1. The lowest BCUT2D eigenvalue weighted by Crippen LogP contribution is -2.51. The average molecular weight is 379 g/mol. The molecule has 0 unspecified atom stereocenters. The summed E-state index contributed by atoms with van der Waals surface area (Å²) < 4.78 is 28.0. The standard InChI is InChI=1S/C19H23ClN2O2S/c20-18-9-3-8-17-16(18)7-4-10-19(17)25(23,24)22-13-11-21(12-14-22)15-5-1-2-6-15/h3-4,7-10,15H,1-2,5-6,11-14H2. The van der Waals surface area contributed by atoms with Gasteiger partial charge in [0.05, 0.1) is 4.90 Å². The number of nitrogens with zero attached hydrogens (tertiary/aromatic N) is 2. The van der Waals surface area contributed by atoms with Gasteiger partial charge in [-0.1, -0.05) is 48.7 Å². The number of sulfonamides is 1. The molecule has 2 fully saturated rings. The molecule has 0 amide bonds. The molecule has 2 aliphatic rings. The van der Waals surface area contributed by atoms with E-state index in [2.05, 4.69) is 4.90 Å². The molecule has 2 aromatic carbocycles. The predicted octanol–water partition coefficient (Wildman–Crippen LogP) is 3.74. The Labute approximate surface area is 154 Å². The molecular weight excluding hydrogens is 356 g/mol. The molecule has 1 aliphatic heterocycles. The van der Waals surface area contributed by atoms with E-state index in [1.54, 1.807) is 22.5 Å². The summed E-state index contributed by atoms with van der Waals surface area (Å²) in [4.78, 5) is 2.83. The number of hydrogen-bond acceptors (Lipinski definition) is 3. The molecular formula is C19H23ClN2O2S. The van der Waals surface area contributed by atoms with Gasteiger partial charge in [-0.3, -0.25) is 4.90 Å². The van der Waals surface area contributed by atoms with E-state index in [4.69, 9.17) is 11.6 Å². The minimum atomic E-state index is -3.50. The number of benzene rings is 2. The Kier molecular flexibility index (Phi) is 4.75. The van der Waals surface area contributed by atoms with Crippen molar-refractivity contribution in [2.24, 2.45) is 0 Å². The maximum atomic E-state index is 13.2. The first-order valence-corrected chi connectivity index (χ1v) is 10.8. The van der Waals surface area contributed by atoms with Crippen molar-refractivity contribution in [2.45, 2.75) is 36.6 Å². The van der Waals surface area contributed by atoms with E-state index in [1.807, 2.05) is 18.2 Å². The Morgan fingerprint density at radius 1 is 0.880 bits per heavy atom. The fourth-order valence-electron chi connectivity index (χ4n) is 4.19. The molecule has 4 nitrogen and oxygen atoms in total. The zero-order valence-corrected chi connectivity index (χ0v) is 15.8. The molecule has 0 spiro atoms. The molecule has 1 saturated carbocycles. The predicted molar refractivity (Wildman–Crippen MR) is 102 cm³/mol. The van der Waals surface area contributed by atoms with E-state index in [1.165, 1.54) is 25.7 Å². The summed E-state index contributed by atoms with van der Waals surface area (Å²) in [6.45, 7) is 2.79. The lowest BCUT2D eigenvalue weighted by atomic mass is 10.1. The molecule has 25 heavy (non-hydrogen) atoms. The first-order valence-electron chi connectivity index (χ1n) is 8.99. The molecule has 0 N–H and O–H groups in total. The third kappa shape index (κ3) is 3.19. The molecule has 4 rings (SSSR count). The fourth-order valence-corrected chi connectivity index (χ4v) is 6.05. The van der Waals surface area contributed by atoms with Crippen molar-refractivity contribution < 1.29 is 8.42 Å². The second-order valence-electron chi connectivity index (χ2n) is 6.97. The molecule has 2 aromatic rings. The maximum Gasteiger partial charge on any atom is 0.243 e. The highest BCUT2D eigenvalue weighted by Crippen LogP contribution is 2.31. The minimum Gasteiger partial charge on any atom is -0.298 e. The van der Waals surface area contributed by atoms with E-state index in [0.29, 0.717) is 34.4 Å². The summed E-state index contributed by atoms with van der Waals surface area (Å²) in [5.41, 5.74) is 0. The first-order chi connectivity index (χ1) is 12.1. The Bertz CT molecular complexity index is 870. The maximum absolute atomic E-state index is 13.2. The second kappa shape index (κ2) is 6.88. The molecule has 1 saturated heterocycles. The van der Waals surface area contributed by atoms with Crippen LogP contribution in [0.5, 0.6) is 0 Å². The van der Waals surface area contributed by atoms with Crippen LogP contribution >= 0.6 is 11.6 Å². The Balaban J connectivity index is 1.59. The zero-order chi connectivity index (χ0) is 17.4. The van der Waals surface area contributed by atoms with Gasteiger partial charge in [0.25, 0.3) is 0 Å². The normalized spacial score (nSPS) is 21.2. The number of rotatable bonds is 3. The molecule has 134 valence electrons. The van der Waals surface area contributed by atoms with Crippen molar-refractivity contribution >= 4 is 32.4 Å². The third-order valence-electron chi connectivity index (χ3n) is 5.56. The minimum absolute atomic E-state index is 0.363. The largest absolute Gasteiger partial charge is 0.298 e. The van der Waals surface area contributed by atoms with Crippen LogP contribution in [0.2, 0.25) is 5.02 Å². The summed E-state index contributed by atoms with van der Waals surface area (Å²) in [5.74, 6) is 0. The van der Waals surface area contributed by atoms with Crippen molar-refractivity contribution in [2.75, 3.05) is 26.2 Å². The SMILES string of the molecule is O=S(=O)(c1cccc2c(Cl)cccc12)N1CCN(C2CCCC2)CC1. The van der Waals surface area contributed by atoms with Crippen LogP contribution in [-0.2, 0) is 10.0 Å². The lowest BCUT2D eigenvalue weighted by molar-refractivity contribution is 0.139. The molecule has 0 bridgehead atoms. The van der Waals surface area contributed by atoms with Crippen molar-refractivity contribution in [3.8, 4) is 0 Å². The molecule has 0 radical (unpaired) electrons. The molecule has 1 aliphatic carbocycles. The van der Waals surface area contributed by atoms with Crippen LogP contribution < -0.4 is 0 Å². The summed E-state index contributed by atoms with van der Waals surface area (Å²) >= 11 is 6.24. The van der Waals surface area contributed by atoms with Gasteiger partial charge in [0.1, 0.15) is 0 Å². The molecule has 6 heteroatoms. The van der Waals surface area contributed by atoms with Crippen LogP contribution in [0, 0.1) is 0 Å². The first kappa shape index (κ1) is 17.3. The van der Waals surface area contributed by atoms with Gasteiger partial charge in [0, 0.05) is 48.0 Å². The number of hydrogen-bond donors (Lipinski definition) is 0. The van der Waals surface area contributed by atoms with E-state index in [0.717, 1.165) is 18.5 Å². The fraction of sp³-hybridized carbons (Fsp3) is 0.474. The Morgan fingerprint density at radius 2 is 1.52 bits per heavy atom. The summed E-state index contributed by atoms with van der Waals surface area (Å²) in [6, 6.07) is 11.4. The van der Waals surface area contributed by atoms with Gasteiger partial charge in [0.15, 0.2) is 0 Å². The highest BCUT2D eigenvalue weighted by atomic mass is 35.5. The van der Waals surface area contributed by atoms with Crippen molar-refractivity contribution in [1.29, 1.82) is 0 Å². The van der Waals surface area contributed by atoms with E-state index < -0.39 is 10.0 Å². The smallest absolute Gasteiger partial charge is 0.243 e.